The number of aryl methyl sites for hydroxylation is 4. The number of fused-ring (bicyclic) bond motifs is 2. The fourth-order valence-corrected chi connectivity index (χ4v) is 8.96. The molecule has 1 heterocycles. The summed E-state index contributed by atoms with van der Waals surface area (Å²) in [7, 11) is -4.63. The molecule has 0 atom stereocenters. The summed E-state index contributed by atoms with van der Waals surface area (Å²) in [5, 5.41) is 16.6. The number of carbonyl (C=O) groups excluding carboxylic acids is 2. The molecule has 0 saturated carbocycles. The van der Waals surface area contributed by atoms with Crippen molar-refractivity contribution in [3.63, 3.8) is 0 Å². The summed E-state index contributed by atoms with van der Waals surface area (Å²) in [6.07, 6.45) is 0. The van der Waals surface area contributed by atoms with Crippen LogP contribution >= 0.6 is 0 Å². The second-order valence-electron chi connectivity index (χ2n) is 15.8. The van der Waals surface area contributed by atoms with Crippen molar-refractivity contribution in [2.75, 3.05) is 26.6 Å². The lowest BCUT2D eigenvalue weighted by Gasteiger charge is -2.20. The molecule has 6 aromatic rings. The first-order valence-corrected chi connectivity index (χ1v) is 22.0. The minimum atomic E-state index is -4.63. The summed E-state index contributed by atoms with van der Waals surface area (Å²) in [6.45, 7) is 11.7. The topological polar surface area (TPSA) is 176 Å². The molecule has 7 N–H and O–H groups in total. The van der Waals surface area contributed by atoms with Crippen LogP contribution in [0.3, 0.4) is 0 Å². The van der Waals surface area contributed by atoms with E-state index in [4.69, 9.17) is 4.42 Å². The highest BCUT2D eigenvalue weighted by Gasteiger charge is 2.25. The van der Waals surface area contributed by atoms with Gasteiger partial charge < -0.3 is 31.0 Å². The third-order valence-electron chi connectivity index (χ3n) is 11.2. The molecule has 6 aromatic carbocycles. The number of para-hydroxylation sites is 2. The monoisotopic (exact) mass is 871 g/mol. The van der Waals surface area contributed by atoms with E-state index in [9.17, 15) is 22.6 Å². The Morgan fingerprint density at radius 1 is 0.547 bits per heavy atom. The third kappa shape index (κ3) is 8.93. The van der Waals surface area contributed by atoms with Crippen LogP contribution in [0.15, 0.2) is 143 Å². The van der Waals surface area contributed by atoms with Gasteiger partial charge in [0.2, 0.25) is 11.0 Å². The maximum Gasteiger partial charge on any atom is 0.323 e. The summed E-state index contributed by atoms with van der Waals surface area (Å²) in [4.78, 5) is 29.5. The highest BCUT2D eigenvalue weighted by molar-refractivity contribution is 7.86. The molecule has 1 aliphatic heterocycles. The second-order valence-corrected chi connectivity index (χ2v) is 17.2. The standard InChI is InChI=1S/C51H46N6O6S/c1-29-25-31(3)48(56-50(58)54-35-15-9-7-10-16-35)33(5)46(29)52-37-21-23-39-42(27-37)63-43-28-38(22-24-40(43)45(39)41-19-13-14-20-44(41)64(60,61)62)53-47-30(2)26-32(4)49(34(47)6)57-51(59)55-36-17-11-8-12-18-36/h7-28,52H,1-6H3,(H2,54,56,58)(H2,55,57,59)(H,60,61,62)/p+1. The average molecular weight is 872 g/mol. The zero-order valence-corrected chi connectivity index (χ0v) is 36.9. The van der Waals surface area contributed by atoms with E-state index in [0.29, 0.717) is 67.2 Å². The number of amides is 4. The molecular weight excluding hydrogens is 825 g/mol. The smallest absolute Gasteiger partial charge is 0.323 e. The van der Waals surface area contributed by atoms with Crippen LogP contribution in [0.4, 0.5) is 49.4 Å². The van der Waals surface area contributed by atoms with Crippen molar-refractivity contribution in [2.45, 2.75) is 46.4 Å². The van der Waals surface area contributed by atoms with E-state index < -0.39 is 10.1 Å². The van der Waals surface area contributed by atoms with Crippen LogP contribution in [0.25, 0.3) is 33.4 Å². The van der Waals surface area contributed by atoms with Crippen LogP contribution < -0.4 is 36.9 Å². The zero-order chi connectivity index (χ0) is 45.3. The fourth-order valence-electron chi connectivity index (χ4n) is 8.26. The van der Waals surface area contributed by atoms with Gasteiger partial charge in [0.15, 0.2) is 0 Å². The number of nitrogens with one attached hydrogen (secondary N) is 6. The van der Waals surface area contributed by atoms with E-state index in [1.807, 2.05) is 151 Å². The van der Waals surface area contributed by atoms with Crippen molar-refractivity contribution in [1.82, 2.24) is 0 Å². The lowest BCUT2D eigenvalue weighted by molar-refractivity contribution is -0.403. The van der Waals surface area contributed by atoms with Gasteiger partial charge in [0.05, 0.1) is 17.4 Å². The fraction of sp³-hybridized carbons (Fsp3) is 0.118. The number of hydrogen-bond acceptors (Lipinski definition) is 6. The summed E-state index contributed by atoms with van der Waals surface area (Å²) in [6, 6.07) is 39.2. The number of anilines is 6. The summed E-state index contributed by atoms with van der Waals surface area (Å²) in [5.74, 6) is 0.441. The van der Waals surface area contributed by atoms with Gasteiger partial charge in [0.1, 0.15) is 16.2 Å². The van der Waals surface area contributed by atoms with E-state index in [1.165, 1.54) is 6.07 Å². The molecule has 0 radical (unpaired) electrons. The normalized spacial score (nSPS) is 11.7. The molecule has 0 unspecified atom stereocenters. The van der Waals surface area contributed by atoms with Crippen molar-refractivity contribution in [3.05, 3.63) is 172 Å². The Morgan fingerprint density at radius 3 is 1.73 bits per heavy atom. The molecule has 0 aromatic heterocycles. The number of benzene rings is 7. The largest absolute Gasteiger partial charge is 0.456 e. The summed E-state index contributed by atoms with van der Waals surface area (Å²) < 4.78 is 42.7. The van der Waals surface area contributed by atoms with Gasteiger partial charge in [0.25, 0.3) is 10.1 Å². The predicted molar refractivity (Wildman–Crippen MR) is 255 cm³/mol. The van der Waals surface area contributed by atoms with Gasteiger partial charge in [-0.1, -0.05) is 60.7 Å². The molecule has 0 fully saturated rings. The Morgan fingerprint density at radius 2 is 1.11 bits per heavy atom. The number of rotatable bonds is 9. The van der Waals surface area contributed by atoms with Gasteiger partial charge in [-0.3, -0.25) is 4.55 Å². The highest BCUT2D eigenvalue weighted by atomic mass is 32.2. The van der Waals surface area contributed by atoms with Gasteiger partial charge >= 0.3 is 12.1 Å². The maximum atomic E-state index is 13.1. The van der Waals surface area contributed by atoms with Gasteiger partial charge in [0, 0.05) is 68.1 Å². The van der Waals surface area contributed by atoms with Crippen LogP contribution in [-0.4, -0.2) is 25.0 Å². The molecule has 0 saturated heterocycles. The van der Waals surface area contributed by atoms with Crippen molar-refractivity contribution in [2.24, 2.45) is 0 Å². The third-order valence-corrected chi connectivity index (χ3v) is 12.1. The van der Waals surface area contributed by atoms with Gasteiger partial charge in [-0.25, -0.2) is 14.6 Å². The molecule has 1 aliphatic carbocycles. The first-order valence-electron chi connectivity index (χ1n) is 20.6. The van der Waals surface area contributed by atoms with E-state index >= 15 is 0 Å². The maximum absolute atomic E-state index is 13.1. The van der Waals surface area contributed by atoms with Crippen LogP contribution in [0, 0.1) is 41.5 Å². The van der Waals surface area contributed by atoms with Crippen LogP contribution in [0.2, 0.25) is 0 Å². The first kappa shape index (κ1) is 42.9. The zero-order valence-electron chi connectivity index (χ0n) is 36.1. The van der Waals surface area contributed by atoms with E-state index in [1.54, 1.807) is 18.2 Å². The Balaban J connectivity index is 1.22. The van der Waals surface area contributed by atoms with E-state index in [2.05, 4.69) is 31.6 Å². The summed E-state index contributed by atoms with van der Waals surface area (Å²) >= 11 is 0. The van der Waals surface area contributed by atoms with Crippen molar-refractivity contribution in [1.29, 1.82) is 0 Å². The predicted octanol–water partition coefficient (Wildman–Crippen LogP) is 10.6. The minimum absolute atomic E-state index is 0.238. The van der Waals surface area contributed by atoms with Crippen LogP contribution in [-0.2, 0) is 10.1 Å². The number of carbonyl (C=O) groups is 2. The summed E-state index contributed by atoms with van der Waals surface area (Å²) in [5.41, 5.74) is 12.2. The lowest BCUT2D eigenvalue weighted by atomic mass is 9.93. The SMILES string of the molecule is Cc1cc(C)c(Nc2ccc3c(-c4ccccc4S(=O)(=O)O)c4ccc(=[NH+]c5c(C)cc(C)c(NC(=O)Nc6ccccc6)c5C)cc-4oc3c2)c(C)c1NC(=O)Nc1ccccc1. The van der Waals surface area contributed by atoms with E-state index in [-0.39, 0.29) is 17.0 Å². The lowest BCUT2D eigenvalue weighted by Crippen LogP contribution is -2.71. The quantitative estimate of drug-likeness (QED) is 0.0558. The van der Waals surface area contributed by atoms with Crippen LogP contribution in [0.1, 0.15) is 33.4 Å². The molecule has 13 heteroatoms. The van der Waals surface area contributed by atoms with Gasteiger partial charge in [-0.2, -0.15) is 8.42 Å². The highest BCUT2D eigenvalue weighted by Crippen LogP contribution is 2.43. The number of hydrogen-bond donors (Lipinski definition) is 7. The van der Waals surface area contributed by atoms with Crippen molar-refractivity contribution in [3.8, 4) is 22.5 Å². The molecule has 12 nitrogen and oxygen atoms in total. The molecule has 8 rings (SSSR count). The van der Waals surface area contributed by atoms with Gasteiger partial charge in [-0.05, 0) is 118 Å². The molecule has 0 bridgehead atoms. The Labute approximate surface area is 371 Å². The Bertz CT molecular complexity index is 3280. The minimum Gasteiger partial charge on any atom is -0.456 e. The molecule has 322 valence electrons. The average Bonchev–Trinajstić information content (AvgIpc) is 3.26. The van der Waals surface area contributed by atoms with Crippen LogP contribution in [0.5, 0.6) is 0 Å². The Hall–Kier alpha value is -7.74. The number of urea groups is 2. The molecule has 0 spiro atoms. The van der Waals surface area contributed by atoms with Gasteiger partial charge in [-0.15, -0.1) is 0 Å². The molecule has 64 heavy (non-hydrogen) atoms. The second kappa shape index (κ2) is 17.6. The molecule has 4 amide bonds. The van der Waals surface area contributed by atoms with E-state index in [0.717, 1.165) is 44.8 Å². The molecular formula is C51H47N6O6S+. The van der Waals surface area contributed by atoms with Crippen molar-refractivity contribution >= 4 is 73.0 Å². The Kier molecular flexibility index (Phi) is 11.8. The molecule has 2 aliphatic rings. The first-order chi connectivity index (χ1) is 30.6. The van der Waals surface area contributed by atoms with Crippen molar-refractivity contribution < 1.29 is 32.0 Å².